The monoisotopic (exact) mass is 356 g/mol. The quantitative estimate of drug-likeness (QED) is 0.901. The Hall–Kier alpha value is -1.30. The van der Waals surface area contributed by atoms with Crippen molar-refractivity contribution in [2.45, 2.75) is 32.6 Å². The first-order chi connectivity index (χ1) is 9.89. The summed E-state index contributed by atoms with van der Waals surface area (Å²) < 4.78 is 2.66. The molecule has 1 aromatic heterocycles. The molecule has 116 valence electrons. The number of rotatable bonds is 4. The molecular formula is C15H21BrN2O3. The van der Waals surface area contributed by atoms with E-state index in [1.165, 1.54) is 0 Å². The number of hydrogen-bond acceptors (Lipinski definition) is 2. The van der Waals surface area contributed by atoms with Crippen LogP contribution in [0.3, 0.4) is 0 Å². The summed E-state index contributed by atoms with van der Waals surface area (Å²) in [5, 5.41) is 9.50. The van der Waals surface area contributed by atoms with Crippen molar-refractivity contribution in [1.82, 2.24) is 9.47 Å². The molecule has 0 aromatic carbocycles. The molecule has 6 heteroatoms. The summed E-state index contributed by atoms with van der Waals surface area (Å²) in [4.78, 5) is 25.8. The van der Waals surface area contributed by atoms with E-state index >= 15 is 0 Å². The van der Waals surface area contributed by atoms with Gasteiger partial charge in [0.2, 0.25) is 0 Å². The summed E-state index contributed by atoms with van der Waals surface area (Å²) >= 11 is 3.36. The number of halogens is 1. The van der Waals surface area contributed by atoms with Gasteiger partial charge in [-0.3, -0.25) is 9.59 Å². The van der Waals surface area contributed by atoms with Crippen molar-refractivity contribution < 1.29 is 14.7 Å². The molecule has 1 aromatic rings. The summed E-state index contributed by atoms with van der Waals surface area (Å²) in [7, 11) is 1.83. The number of amides is 1. The van der Waals surface area contributed by atoms with Crippen molar-refractivity contribution >= 4 is 27.8 Å². The molecule has 1 N–H and O–H groups in total. The van der Waals surface area contributed by atoms with E-state index in [9.17, 15) is 14.7 Å². The van der Waals surface area contributed by atoms with Crippen LogP contribution < -0.4 is 0 Å². The lowest BCUT2D eigenvalue weighted by Crippen LogP contribution is -2.46. The highest BCUT2D eigenvalue weighted by molar-refractivity contribution is 9.10. The topological polar surface area (TPSA) is 62.5 Å². The molecule has 1 saturated heterocycles. The fourth-order valence-corrected chi connectivity index (χ4v) is 3.61. The van der Waals surface area contributed by atoms with Crippen molar-refractivity contribution in [1.29, 1.82) is 0 Å². The Balaban J connectivity index is 2.08. The Morgan fingerprint density at radius 3 is 2.43 bits per heavy atom. The van der Waals surface area contributed by atoms with Gasteiger partial charge in [-0.15, -0.1) is 0 Å². The van der Waals surface area contributed by atoms with Gasteiger partial charge in [-0.05, 0) is 41.3 Å². The molecule has 5 nitrogen and oxygen atoms in total. The lowest BCUT2D eigenvalue weighted by Gasteiger charge is -2.38. The molecule has 2 rings (SSSR count). The van der Waals surface area contributed by atoms with Crippen LogP contribution in [0, 0.1) is 5.41 Å². The van der Waals surface area contributed by atoms with Crippen molar-refractivity contribution in [3.8, 4) is 0 Å². The van der Waals surface area contributed by atoms with E-state index in [4.69, 9.17) is 0 Å². The molecule has 1 fully saturated rings. The normalized spacial score (nSPS) is 17.8. The molecule has 1 amide bonds. The maximum absolute atomic E-state index is 12.5. The van der Waals surface area contributed by atoms with Crippen LogP contribution in [0.25, 0.3) is 0 Å². The second-order valence-electron chi connectivity index (χ2n) is 5.78. The number of nitrogens with zero attached hydrogens (tertiary/aromatic N) is 2. The Bertz CT molecular complexity index is 545. The Morgan fingerprint density at radius 1 is 1.38 bits per heavy atom. The molecule has 0 saturated carbocycles. The summed E-state index contributed by atoms with van der Waals surface area (Å²) in [6.45, 7) is 3.02. The van der Waals surface area contributed by atoms with E-state index in [0.29, 0.717) is 38.0 Å². The number of carbonyl (C=O) groups excluding carboxylic acids is 1. The molecule has 1 aliphatic rings. The first-order valence-corrected chi connectivity index (χ1v) is 8.03. The highest BCUT2D eigenvalue weighted by Crippen LogP contribution is 2.37. The minimum Gasteiger partial charge on any atom is -0.481 e. The second-order valence-corrected chi connectivity index (χ2v) is 6.70. The molecule has 2 heterocycles. The maximum Gasteiger partial charge on any atom is 0.309 e. The molecule has 0 atom stereocenters. The summed E-state index contributed by atoms with van der Waals surface area (Å²) in [5.74, 6) is -0.753. The highest BCUT2D eigenvalue weighted by Gasteiger charge is 2.41. The van der Waals surface area contributed by atoms with Crippen molar-refractivity contribution in [2.24, 2.45) is 12.5 Å². The molecule has 1 aliphatic heterocycles. The zero-order valence-electron chi connectivity index (χ0n) is 12.4. The zero-order valence-corrected chi connectivity index (χ0v) is 14.0. The van der Waals surface area contributed by atoms with Gasteiger partial charge in [0.15, 0.2) is 0 Å². The lowest BCUT2D eigenvalue weighted by atomic mass is 9.75. The largest absolute Gasteiger partial charge is 0.481 e. The van der Waals surface area contributed by atoms with Crippen LogP contribution in [0.2, 0.25) is 0 Å². The number of likely N-dealkylation sites (tertiary alicyclic amines) is 1. The van der Waals surface area contributed by atoms with Crippen molar-refractivity contribution in [3.05, 3.63) is 22.4 Å². The average Bonchev–Trinajstić information content (AvgIpc) is 2.78. The number of carboxylic acid groups (broad SMARTS) is 1. The fourth-order valence-electron chi connectivity index (χ4n) is 3.09. The van der Waals surface area contributed by atoms with Crippen LogP contribution in [-0.2, 0) is 11.8 Å². The van der Waals surface area contributed by atoms with Gasteiger partial charge in [0.05, 0.1) is 5.41 Å². The summed E-state index contributed by atoms with van der Waals surface area (Å²) in [6.07, 6.45) is 4.45. The standard InChI is InChI=1S/C15H21BrN2O3/c1-3-4-15(14(20)21)5-7-18(8-6-15)13(19)12-9-11(16)10-17(12)2/h9-10H,3-8H2,1-2H3,(H,20,21). The summed E-state index contributed by atoms with van der Waals surface area (Å²) in [5.41, 5.74) is -0.0273. The van der Waals surface area contributed by atoms with Gasteiger partial charge in [-0.1, -0.05) is 13.3 Å². The van der Waals surface area contributed by atoms with Crippen LogP contribution in [0.15, 0.2) is 16.7 Å². The van der Waals surface area contributed by atoms with Crippen LogP contribution in [0.1, 0.15) is 43.1 Å². The number of piperidine rings is 1. The highest BCUT2D eigenvalue weighted by atomic mass is 79.9. The third kappa shape index (κ3) is 3.15. The molecular weight excluding hydrogens is 336 g/mol. The Labute approximate surface area is 133 Å². The van der Waals surface area contributed by atoms with E-state index in [1.807, 2.05) is 20.2 Å². The first kappa shape index (κ1) is 16.1. The number of aliphatic carboxylic acids is 1. The third-order valence-corrected chi connectivity index (χ3v) is 4.81. The van der Waals surface area contributed by atoms with Crippen molar-refractivity contribution in [3.63, 3.8) is 0 Å². The SMILES string of the molecule is CCCC1(C(=O)O)CCN(C(=O)c2cc(Br)cn2C)CC1. The fraction of sp³-hybridized carbons (Fsp3) is 0.600. The van der Waals surface area contributed by atoms with Gasteiger partial charge in [0.1, 0.15) is 5.69 Å². The average molecular weight is 357 g/mol. The van der Waals surface area contributed by atoms with Gasteiger partial charge in [-0.2, -0.15) is 0 Å². The predicted molar refractivity (Wildman–Crippen MR) is 83.2 cm³/mol. The van der Waals surface area contributed by atoms with Crippen LogP contribution in [0.5, 0.6) is 0 Å². The molecule has 0 radical (unpaired) electrons. The van der Waals surface area contributed by atoms with Crippen LogP contribution >= 0.6 is 15.9 Å². The van der Waals surface area contributed by atoms with E-state index in [0.717, 1.165) is 10.9 Å². The summed E-state index contributed by atoms with van der Waals surface area (Å²) in [6, 6.07) is 1.80. The smallest absolute Gasteiger partial charge is 0.309 e. The van der Waals surface area contributed by atoms with Gasteiger partial charge >= 0.3 is 5.97 Å². The van der Waals surface area contributed by atoms with Crippen LogP contribution in [0.4, 0.5) is 0 Å². The van der Waals surface area contributed by atoms with E-state index in [-0.39, 0.29) is 5.91 Å². The van der Waals surface area contributed by atoms with Gasteiger partial charge in [0.25, 0.3) is 5.91 Å². The molecule has 21 heavy (non-hydrogen) atoms. The second kappa shape index (κ2) is 6.22. The number of aryl methyl sites for hydroxylation is 1. The predicted octanol–water partition coefficient (Wildman–Crippen LogP) is 2.89. The molecule has 0 spiro atoms. The molecule has 0 bridgehead atoms. The number of carbonyl (C=O) groups is 2. The minimum absolute atomic E-state index is 0.0290. The number of aromatic nitrogens is 1. The van der Waals surface area contributed by atoms with Gasteiger partial charge < -0.3 is 14.6 Å². The Morgan fingerprint density at radius 2 is 2.00 bits per heavy atom. The number of hydrogen-bond donors (Lipinski definition) is 1. The Kier molecular flexibility index (Phi) is 4.76. The van der Waals surface area contributed by atoms with Gasteiger partial charge in [-0.25, -0.2) is 0 Å². The van der Waals surface area contributed by atoms with Crippen LogP contribution in [-0.4, -0.2) is 39.5 Å². The van der Waals surface area contributed by atoms with Crippen molar-refractivity contribution in [2.75, 3.05) is 13.1 Å². The maximum atomic E-state index is 12.5. The molecule has 0 unspecified atom stereocenters. The van der Waals surface area contributed by atoms with E-state index < -0.39 is 11.4 Å². The van der Waals surface area contributed by atoms with E-state index in [1.54, 1.807) is 15.5 Å². The lowest BCUT2D eigenvalue weighted by molar-refractivity contribution is -0.152. The molecule has 0 aliphatic carbocycles. The zero-order chi connectivity index (χ0) is 15.6. The minimum atomic E-state index is -0.724. The first-order valence-electron chi connectivity index (χ1n) is 7.24. The third-order valence-electron chi connectivity index (χ3n) is 4.38. The number of carboxylic acids is 1. The van der Waals surface area contributed by atoms with Gasteiger partial charge in [0, 0.05) is 30.8 Å². The van der Waals surface area contributed by atoms with E-state index in [2.05, 4.69) is 15.9 Å².